The van der Waals surface area contributed by atoms with Gasteiger partial charge < -0.3 is 19.7 Å². The predicted molar refractivity (Wildman–Crippen MR) is 177 cm³/mol. The molecular formula is C39H36N2O3. The SMILES string of the molecule is CCCCN(c1ccc(CC)cc1)c1ccc2c(c1)Oc1cc(C)c(Nc3ccccc3)cc1C21OC(=O)c2ccccc21. The minimum Gasteiger partial charge on any atom is -0.456 e. The highest BCUT2D eigenvalue weighted by atomic mass is 16.6. The molecule has 0 saturated heterocycles. The van der Waals surface area contributed by atoms with Crippen LogP contribution in [-0.4, -0.2) is 12.5 Å². The van der Waals surface area contributed by atoms with Crippen LogP contribution in [0.25, 0.3) is 0 Å². The molecule has 0 amide bonds. The van der Waals surface area contributed by atoms with Gasteiger partial charge in [0, 0.05) is 52.1 Å². The third-order valence-electron chi connectivity index (χ3n) is 8.80. The first-order valence-corrected chi connectivity index (χ1v) is 15.5. The maximum atomic E-state index is 13.4. The molecule has 0 bridgehead atoms. The lowest BCUT2D eigenvalue weighted by Crippen LogP contribution is -2.33. The predicted octanol–water partition coefficient (Wildman–Crippen LogP) is 9.81. The zero-order valence-corrected chi connectivity index (χ0v) is 25.4. The molecule has 5 heteroatoms. The summed E-state index contributed by atoms with van der Waals surface area (Å²) in [5, 5.41) is 3.55. The molecule has 2 aliphatic heterocycles. The molecule has 0 aromatic heterocycles. The number of nitrogens with zero attached hydrogens (tertiary/aromatic N) is 1. The molecule has 2 heterocycles. The molecule has 0 saturated carbocycles. The van der Waals surface area contributed by atoms with Crippen molar-refractivity contribution in [1.29, 1.82) is 0 Å². The lowest BCUT2D eigenvalue weighted by atomic mass is 9.77. The largest absolute Gasteiger partial charge is 0.456 e. The van der Waals surface area contributed by atoms with Crippen LogP contribution >= 0.6 is 0 Å². The molecular weight excluding hydrogens is 544 g/mol. The number of hydrogen-bond donors (Lipinski definition) is 1. The van der Waals surface area contributed by atoms with Gasteiger partial charge in [0.1, 0.15) is 11.5 Å². The highest BCUT2D eigenvalue weighted by molar-refractivity contribution is 5.97. The number of ether oxygens (including phenoxy) is 2. The van der Waals surface area contributed by atoms with Crippen molar-refractivity contribution in [3.05, 3.63) is 143 Å². The summed E-state index contributed by atoms with van der Waals surface area (Å²) in [7, 11) is 0. The quantitative estimate of drug-likeness (QED) is 0.185. The van der Waals surface area contributed by atoms with Gasteiger partial charge in [0.05, 0.1) is 5.56 Å². The zero-order chi connectivity index (χ0) is 30.3. The monoisotopic (exact) mass is 580 g/mol. The Bertz CT molecular complexity index is 1850. The third-order valence-corrected chi connectivity index (χ3v) is 8.80. The molecule has 1 spiro atoms. The van der Waals surface area contributed by atoms with Crippen molar-refractivity contribution in [3.8, 4) is 11.5 Å². The van der Waals surface area contributed by atoms with Gasteiger partial charge in [-0.15, -0.1) is 0 Å². The van der Waals surface area contributed by atoms with Gasteiger partial charge in [0.25, 0.3) is 0 Å². The maximum absolute atomic E-state index is 13.4. The van der Waals surface area contributed by atoms with Crippen molar-refractivity contribution in [1.82, 2.24) is 0 Å². The van der Waals surface area contributed by atoms with Crippen molar-refractivity contribution >= 4 is 28.7 Å². The van der Waals surface area contributed by atoms with Crippen molar-refractivity contribution < 1.29 is 14.3 Å². The van der Waals surface area contributed by atoms with E-state index in [9.17, 15) is 4.79 Å². The van der Waals surface area contributed by atoms with Crippen molar-refractivity contribution in [2.24, 2.45) is 0 Å². The molecule has 7 rings (SSSR count). The Morgan fingerprint density at radius 3 is 2.25 bits per heavy atom. The lowest BCUT2D eigenvalue weighted by Gasteiger charge is -2.38. The Morgan fingerprint density at radius 1 is 0.750 bits per heavy atom. The number of benzene rings is 5. The number of para-hydroxylation sites is 1. The Kier molecular flexibility index (Phi) is 7.09. The molecule has 0 aliphatic carbocycles. The second-order valence-electron chi connectivity index (χ2n) is 11.6. The van der Waals surface area contributed by atoms with E-state index in [0.29, 0.717) is 17.1 Å². The van der Waals surface area contributed by atoms with Crippen LogP contribution in [0.3, 0.4) is 0 Å². The van der Waals surface area contributed by atoms with E-state index in [1.165, 1.54) is 5.56 Å². The average Bonchev–Trinajstić information content (AvgIpc) is 3.35. The smallest absolute Gasteiger partial charge is 0.340 e. The van der Waals surface area contributed by atoms with Crippen LogP contribution < -0.4 is 15.0 Å². The van der Waals surface area contributed by atoms with Gasteiger partial charge in [-0.2, -0.15) is 0 Å². The van der Waals surface area contributed by atoms with Crippen molar-refractivity contribution in [3.63, 3.8) is 0 Å². The Balaban J connectivity index is 1.39. The number of unbranched alkanes of at least 4 members (excludes halogenated alkanes) is 1. The second-order valence-corrected chi connectivity index (χ2v) is 11.6. The summed E-state index contributed by atoms with van der Waals surface area (Å²) < 4.78 is 13.2. The van der Waals surface area contributed by atoms with Gasteiger partial charge in [-0.1, -0.05) is 68.8 Å². The highest BCUT2D eigenvalue weighted by Crippen LogP contribution is 2.57. The molecule has 5 aromatic carbocycles. The van der Waals surface area contributed by atoms with Crippen LogP contribution in [0.5, 0.6) is 11.5 Å². The fourth-order valence-electron chi connectivity index (χ4n) is 6.42. The second kappa shape index (κ2) is 11.2. The molecule has 220 valence electrons. The molecule has 44 heavy (non-hydrogen) atoms. The van der Waals surface area contributed by atoms with Gasteiger partial charge in [0.2, 0.25) is 0 Å². The number of esters is 1. The number of rotatable bonds is 8. The van der Waals surface area contributed by atoms with Gasteiger partial charge in [-0.3, -0.25) is 0 Å². The number of hydrogen-bond acceptors (Lipinski definition) is 5. The van der Waals surface area contributed by atoms with E-state index >= 15 is 0 Å². The Morgan fingerprint density at radius 2 is 1.48 bits per heavy atom. The van der Waals surface area contributed by atoms with Crippen LogP contribution in [0, 0.1) is 6.92 Å². The zero-order valence-electron chi connectivity index (χ0n) is 25.4. The number of carbonyl (C=O) groups excluding carboxylic acids is 1. The van der Waals surface area contributed by atoms with E-state index in [4.69, 9.17) is 9.47 Å². The molecule has 1 atom stereocenters. The van der Waals surface area contributed by atoms with Gasteiger partial charge in [-0.25, -0.2) is 4.79 Å². The summed E-state index contributed by atoms with van der Waals surface area (Å²) in [6, 6.07) is 37.0. The summed E-state index contributed by atoms with van der Waals surface area (Å²) >= 11 is 0. The van der Waals surface area contributed by atoms with Gasteiger partial charge in [-0.05, 0) is 85.5 Å². The minimum atomic E-state index is -1.13. The number of nitrogens with one attached hydrogen (secondary N) is 1. The molecule has 0 radical (unpaired) electrons. The molecule has 2 aliphatic rings. The molecule has 5 aromatic rings. The Hall–Kier alpha value is -5.03. The summed E-state index contributed by atoms with van der Waals surface area (Å²) in [5.74, 6) is 1.04. The van der Waals surface area contributed by atoms with Crippen molar-refractivity contribution in [2.75, 3.05) is 16.8 Å². The normalized spacial score (nSPS) is 16.0. The van der Waals surface area contributed by atoms with Crippen LogP contribution in [0.4, 0.5) is 22.7 Å². The number of carbonyl (C=O) groups is 1. The van der Waals surface area contributed by atoms with Gasteiger partial charge in [0.15, 0.2) is 5.60 Å². The van der Waals surface area contributed by atoms with E-state index in [-0.39, 0.29) is 5.97 Å². The van der Waals surface area contributed by atoms with E-state index in [2.05, 4.69) is 79.5 Å². The summed E-state index contributed by atoms with van der Waals surface area (Å²) in [4.78, 5) is 15.8. The third kappa shape index (κ3) is 4.60. The lowest BCUT2D eigenvalue weighted by molar-refractivity contribution is 0.0224. The maximum Gasteiger partial charge on any atom is 0.340 e. The summed E-state index contributed by atoms with van der Waals surface area (Å²) in [6.45, 7) is 7.33. The molecule has 5 nitrogen and oxygen atoms in total. The molecule has 0 fully saturated rings. The van der Waals surface area contributed by atoms with E-state index in [1.807, 2.05) is 60.7 Å². The summed E-state index contributed by atoms with van der Waals surface area (Å²) in [5.41, 5.74) is 8.33. The fourth-order valence-corrected chi connectivity index (χ4v) is 6.42. The van der Waals surface area contributed by atoms with E-state index < -0.39 is 5.60 Å². The fraction of sp³-hybridized carbons (Fsp3) is 0.205. The first-order valence-electron chi connectivity index (χ1n) is 15.5. The highest BCUT2D eigenvalue weighted by Gasteiger charge is 2.53. The minimum absolute atomic E-state index is 0.331. The standard InChI is InChI=1S/C39H36N2O3/c1-4-6-22-41(29-18-16-27(5-2)17-19-29)30-20-21-33-37(24-30)43-36-23-26(3)35(40-28-12-8-7-9-13-28)25-34(36)39(33)32-15-11-10-14-31(32)38(42)44-39/h7-21,23-25,40H,4-6,22H2,1-3H3. The van der Waals surface area contributed by atoms with Crippen LogP contribution in [-0.2, 0) is 16.8 Å². The van der Waals surface area contributed by atoms with Gasteiger partial charge >= 0.3 is 5.97 Å². The number of fused-ring (bicyclic) bond motifs is 6. The van der Waals surface area contributed by atoms with Crippen LogP contribution in [0.2, 0.25) is 0 Å². The number of aryl methyl sites for hydroxylation is 2. The summed E-state index contributed by atoms with van der Waals surface area (Å²) in [6.07, 6.45) is 3.15. The van der Waals surface area contributed by atoms with Crippen LogP contribution in [0.15, 0.2) is 109 Å². The first kappa shape index (κ1) is 27.8. The average molecular weight is 581 g/mol. The van der Waals surface area contributed by atoms with Crippen LogP contribution in [0.1, 0.15) is 64.9 Å². The topological polar surface area (TPSA) is 50.8 Å². The first-order chi connectivity index (χ1) is 21.5. The Labute approximate surface area is 259 Å². The number of anilines is 4. The molecule has 1 N–H and O–H groups in total. The van der Waals surface area contributed by atoms with Crippen molar-refractivity contribution in [2.45, 2.75) is 45.6 Å². The van der Waals surface area contributed by atoms with E-state index in [0.717, 1.165) is 70.8 Å². The van der Waals surface area contributed by atoms with E-state index in [1.54, 1.807) is 0 Å². The molecule has 1 unspecified atom stereocenters.